The van der Waals surface area contributed by atoms with Gasteiger partial charge in [0.15, 0.2) is 5.96 Å². The highest BCUT2D eigenvalue weighted by atomic mass is 16.2. The smallest absolute Gasteiger partial charge is 0.223 e. The van der Waals surface area contributed by atoms with Gasteiger partial charge in [0.05, 0.1) is 6.54 Å². The maximum Gasteiger partial charge on any atom is 0.223 e. The number of benzene rings is 1. The zero-order chi connectivity index (χ0) is 20.9. The molecule has 0 aliphatic carbocycles. The quantitative estimate of drug-likeness (QED) is 0.431. The third-order valence-corrected chi connectivity index (χ3v) is 5.66. The number of guanidine groups is 1. The normalized spacial score (nSPS) is 18.1. The van der Waals surface area contributed by atoms with E-state index in [2.05, 4.69) is 44.8 Å². The fraction of sp³-hybridized carbons (Fsp3) is 0.545. The second-order valence-corrected chi connectivity index (χ2v) is 8.02. The molecule has 2 N–H and O–H groups in total. The molecule has 2 aliphatic heterocycles. The van der Waals surface area contributed by atoms with Gasteiger partial charge in [-0.05, 0) is 37.8 Å². The molecule has 0 saturated heterocycles. The molecule has 1 aromatic carbocycles. The summed E-state index contributed by atoms with van der Waals surface area (Å²) < 4.78 is 1.99. The van der Waals surface area contributed by atoms with Gasteiger partial charge in [-0.1, -0.05) is 24.3 Å². The van der Waals surface area contributed by atoms with Crippen LogP contribution in [0.2, 0.25) is 0 Å². The Hall–Kier alpha value is -2.90. The van der Waals surface area contributed by atoms with Crippen molar-refractivity contribution in [1.29, 1.82) is 0 Å². The van der Waals surface area contributed by atoms with Crippen LogP contribution in [-0.2, 0) is 30.8 Å². The molecule has 1 unspecified atom stereocenters. The number of hydrogen-bond acceptors (Lipinski definition) is 4. The van der Waals surface area contributed by atoms with Gasteiger partial charge >= 0.3 is 0 Å². The number of fused-ring (bicyclic) bond motifs is 2. The minimum absolute atomic E-state index is 0.209. The van der Waals surface area contributed by atoms with Crippen LogP contribution in [-0.4, -0.2) is 50.7 Å². The van der Waals surface area contributed by atoms with Crippen molar-refractivity contribution in [1.82, 2.24) is 30.3 Å². The number of aliphatic imine (C=N–C) groups is 1. The molecule has 0 spiro atoms. The number of nitrogens with zero attached hydrogens (tertiary/aromatic N) is 5. The van der Waals surface area contributed by atoms with Crippen LogP contribution < -0.4 is 10.6 Å². The van der Waals surface area contributed by atoms with Crippen molar-refractivity contribution in [3.8, 4) is 0 Å². The van der Waals surface area contributed by atoms with E-state index in [4.69, 9.17) is 0 Å². The summed E-state index contributed by atoms with van der Waals surface area (Å²) >= 11 is 0. The summed E-state index contributed by atoms with van der Waals surface area (Å²) in [6, 6.07) is 8.56. The number of amides is 1. The zero-order valence-electron chi connectivity index (χ0n) is 17.9. The molecule has 1 amide bonds. The van der Waals surface area contributed by atoms with Crippen LogP contribution >= 0.6 is 0 Å². The van der Waals surface area contributed by atoms with Crippen molar-refractivity contribution >= 4 is 11.9 Å². The first-order chi connectivity index (χ1) is 14.6. The van der Waals surface area contributed by atoms with Crippen molar-refractivity contribution in [3.05, 3.63) is 47.0 Å². The molecule has 4 rings (SSSR count). The van der Waals surface area contributed by atoms with Gasteiger partial charge in [0.25, 0.3) is 0 Å². The summed E-state index contributed by atoms with van der Waals surface area (Å²) in [5, 5.41) is 11.3. The molecule has 8 nitrogen and oxygen atoms in total. The lowest BCUT2D eigenvalue weighted by Gasteiger charge is -2.25. The zero-order valence-corrected chi connectivity index (χ0v) is 17.9. The lowest BCUT2D eigenvalue weighted by atomic mass is 10.1. The summed E-state index contributed by atoms with van der Waals surface area (Å²) in [7, 11) is 0. The SMILES string of the molecule is CCNC(=NCCCC(=O)N1Cc2ccccc2C1)NC1CCc2nc(C)nn2C1. The van der Waals surface area contributed by atoms with E-state index in [1.54, 1.807) is 0 Å². The van der Waals surface area contributed by atoms with E-state index in [9.17, 15) is 4.79 Å². The maximum absolute atomic E-state index is 12.6. The van der Waals surface area contributed by atoms with Crippen LogP contribution in [0.5, 0.6) is 0 Å². The first kappa shape index (κ1) is 20.4. The van der Waals surface area contributed by atoms with Crippen LogP contribution in [0.1, 0.15) is 49.0 Å². The number of rotatable bonds is 6. The van der Waals surface area contributed by atoms with Crippen LogP contribution in [0.15, 0.2) is 29.3 Å². The first-order valence-electron chi connectivity index (χ1n) is 10.9. The topological polar surface area (TPSA) is 87.4 Å². The Morgan fingerprint density at radius 2 is 2.03 bits per heavy atom. The van der Waals surface area contributed by atoms with Crippen LogP contribution in [0.3, 0.4) is 0 Å². The third-order valence-electron chi connectivity index (χ3n) is 5.66. The highest BCUT2D eigenvalue weighted by molar-refractivity contribution is 5.80. The average molecular weight is 410 g/mol. The Kier molecular flexibility index (Phi) is 6.30. The molecule has 0 radical (unpaired) electrons. The van der Waals surface area contributed by atoms with E-state index in [-0.39, 0.29) is 11.9 Å². The molecule has 160 valence electrons. The fourth-order valence-corrected chi connectivity index (χ4v) is 4.15. The number of nitrogens with one attached hydrogen (secondary N) is 2. The number of carbonyl (C=O) groups excluding carboxylic acids is 1. The standard InChI is InChI=1S/C22H31N7O/c1-3-23-22(26-19-10-11-20-25-16(2)27-29(20)15-19)24-12-6-9-21(30)28-13-17-7-4-5-8-18(17)14-28/h4-5,7-8,19H,3,6,9-15H2,1-2H3,(H2,23,24,26). The van der Waals surface area contributed by atoms with E-state index in [0.29, 0.717) is 13.0 Å². The van der Waals surface area contributed by atoms with Gasteiger partial charge in [-0.2, -0.15) is 5.10 Å². The largest absolute Gasteiger partial charge is 0.357 e. The molecule has 0 bridgehead atoms. The van der Waals surface area contributed by atoms with Gasteiger partial charge in [0.1, 0.15) is 11.6 Å². The molecule has 3 heterocycles. The van der Waals surface area contributed by atoms with Crippen LogP contribution in [0.25, 0.3) is 0 Å². The molecule has 30 heavy (non-hydrogen) atoms. The summed E-state index contributed by atoms with van der Waals surface area (Å²) in [5.41, 5.74) is 2.53. The van der Waals surface area contributed by atoms with Gasteiger partial charge < -0.3 is 15.5 Å². The predicted octanol–water partition coefficient (Wildman–Crippen LogP) is 1.78. The number of aromatic nitrogens is 3. The molecule has 8 heteroatoms. The molecule has 0 fully saturated rings. The average Bonchev–Trinajstić information content (AvgIpc) is 3.33. The summed E-state index contributed by atoms with van der Waals surface area (Å²) in [6.45, 7) is 7.68. The molecular formula is C22H31N7O. The lowest BCUT2D eigenvalue weighted by Crippen LogP contribution is -2.47. The molecule has 1 aromatic heterocycles. The summed E-state index contributed by atoms with van der Waals surface area (Å²) in [6.07, 6.45) is 3.21. The lowest BCUT2D eigenvalue weighted by molar-refractivity contribution is -0.131. The third kappa shape index (κ3) is 4.80. The van der Waals surface area contributed by atoms with E-state index >= 15 is 0 Å². The fourth-order valence-electron chi connectivity index (χ4n) is 4.15. The van der Waals surface area contributed by atoms with Crippen LogP contribution in [0.4, 0.5) is 0 Å². The highest BCUT2D eigenvalue weighted by Gasteiger charge is 2.23. The summed E-state index contributed by atoms with van der Waals surface area (Å²) in [5.74, 6) is 2.91. The monoisotopic (exact) mass is 409 g/mol. The van der Waals surface area contributed by atoms with Gasteiger partial charge in [0.2, 0.25) is 5.91 Å². The van der Waals surface area contributed by atoms with E-state index in [0.717, 1.165) is 63.0 Å². The second-order valence-electron chi connectivity index (χ2n) is 8.02. The Labute approximate surface area is 177 Å². The second kappa shape index (κ2) is 9.28. The van der Waals surface area contributed by atoms with Crippen LogP contribution in [0, 0.1) is 6.92 Å². The number of carbonyl (C=O) groups is 1. The Morgan fingerprint density at radius 1 is 1.27 bits per heavy atom. The van der Waals surface area contributed by atoms with Crippen molar-refractivity contribution < 1.29 is 4.79 Å². The first-order valence-corrected chi connectivity index (χ1v) is 10.9. The molecular weight excluding hydrogens is 378 g/mol. The Morgan fingerprint density at radius 3 is 2.77 bits per heavy atom. The molecule has 2 aromatic rings. The number of hydrogen-bond donors (Lipinski definition) is 2. The van der Waals surface area contributed by atoms with E-state index < -0.39 is 0 Å². The van der Waals surface area contributed by atoms with Gasteiger partial charge in [-0.15, -0.1) is 0 Å². The predicted molar refractivity (Wildman–Crippen MR) is 116 cm³/mol. The van der Waals surface area contributed by atoms with E-state index in [1.807, 2.05) is 28.6 Å². The van der Waals surface area contributed by atoms with Crippen molar-refractivity contribution in [3.63, 3.8) is 0 Å². The molecule has 0 saturated carbocycles. The van der Waals surface area contributed by atoms with Gasteiger partial charge in [0, 0.05) is 45.1 Å². The summed E-state index contributed by atoms with van der Waals surface area (Å²) in [4.78, 5) is 23.6. The minimum atomic E-state index is 0.209. The Bertz CT molecular complexity index is 895. The maximum atomic E-state index is 12.6. The molecule has 1 atom stereocenters. The molecule has 2 aliphatic rings. The number of aryl methyl sites for hydroxylation is 2. The van der Waals surface area contributed by atoms with Crippen molar-refractivity contribution in [2.24, 2.45) is 4.99 Å². The van der Waals surface area contributed by atoms with Crippen molar-refractivity contribution in [2.75, 3.05) is 13.1 Å². The van der Waals surface area contributed by atoms with E-state index in [1.165, 1.54) is 11.1 Å². The highest BCUT2D eigenvalue weighted by Crippen LogP contribution is 2.22. The van der Waals surface area contributed by atoms with Gasteiger partial charge in [-0.25, -0.2) is 9.67 Å². The van der Waals surface area contributed by atoms with Crippen molar-refractivity contribution in [2.45, 2.75) is 65.2 Å². The van der Waals surface area contributed by atoms with Gasteiger partial charge in [-0.3, -0.25) is 9.79 Å². The Balaban J connectivity index is 1.24. The minimum Gasteiger partial charge on any atom is -0.357 e.